The Labute approximate surface area is 86.8 Å². The molecule has 0 aliphatic carbocycles. The zero-order valence-electron chi connectivity index (χ0n) is 7.94. The fraction of sp³-hybridized carbons (Fsp3) is 0. The van der Waals surface area contributed by atoms with Crippen molar-refractivity contribution in [2.75, 3.05) is 0 Å². The van der Waals surface area contributed by atoms with Gasteiger partial charge in [0.2, 0.25) is 0 Å². The molecule has 0 bridgehead atoms. The van der Waals surface area contributed by atoms with E-state index in [9.17, 15) is 0 Å². The van der Waals surface area contributed by atoms with Gasteiger partial charge >= 0.3 is 0 Å². The first-order valence-corrected chi connectivity index (χ1v) is 4.71. The zero-order valence-corrected chi connectivity index (χ0v) is 7.94. The predicted molar refractivity (Wildman–Crippen MR) is 58.2 cm³/mol. The average molecular weight is 194 g/mol. The van der Waals surface area contributed by atoms with E-state index in [0.717, 1.165) is 22.3 Å². The summed E-state index contributed by atoms with van der Waals surface area (Å²) in [4.78, 5) is 11.5. The van der Waals surface area contributed by atoms with Crippen LogP contribution in [0.1, 0.15) is 0 Å². The van der Waals surface area contributed by atoms with Gasteiger partial charge in [-0.05, 0) is 12.1 Å². The Balaban J connectivity index is 2.36. The van der Waals surface area contributed by atoms with Gasteiger partial charge in [0.1, 0.15) is 12.0 Å². The minimum Gasteiger partial charge on any atom is -0.344 e. The van der Waals surface area contributed by atoms with E-state index >= 15 is 0 Å². The molecule has 0 saturated carbocycles. The molecule has 3 aromatic rings. The molecule has 0 atom stereocenters. The van der Waals surface area contributed by atoms with Crippen molar-refractivity contribution in [2.24, 2.45) is 0 Å². The molecule has 0 amide bonds. The minimum absolute atomic E-state index is 0.827. The second kappa shape index (κ2) is 3.20. The number of nitrogens with one attached hydrogen (secondary N) is 1. The average Bonchev–Trinajstić information content (AvgIpc) is 2.82. The summed E-state index contributed by atoms with van der Waals surface area (Å²) in [5, 5.41) is 1.10. The highest BCUT2D eigenvalue weighted by Crippen LogP contribution is 2.23. The standard InChI is InChI=1S/C12H8N3/c1-2-4-11-9(3-1)10(5-6-13-11)12-14-7-8-15-12/h1-7H,(H,14,15). The van der Waals surface area contributed by atoms with E-state index in [1.54, 1.807) is 12.4 Å². The number of H-pyrrole nitrogens is 1. The maximum atomic E-state index is 4.30. The summed E-state index contributed by atoms with van der Waals surface area (Å²) in [5.41, 5.74) is 2.04. The van der Waals surface area contributed by atoms with Crippen molar-refractivity contribution in [1.29, 1.82) is 0 Å². The van der Waals surface area contributed by atoms with Crippen LogP contribution in [0.2, 0.25) is 0 Å². The Bertz CT molecular complexity index is 579. The summed E-state index contributed by atoms with van der Waals surface area (Å²) in [7, 11) is 0. The van der Waals surface area contributed by atoms with Crippen LogP contribution < -0.4 is 0 Å². The summed E-state index contributed by atoms with van der Waals surface area (Å²) >= 11 is 0. The molecule has 2 aromatic heterocycles. The third-order valence-electron chi connectivity index (χ3n) is 2.35. The van der Waals surface area contributed by atoms with E-state index in [1.807, 2.05) is 30.3 Å². The fourth-order valence-corrected chi connectivity index (χ4v) is 1.67. The van der Waals surface area contributed by atoms with Crippen LogP contribution >= 0.6 is 0 Å². The third kappa shape index (κ3) is 1.29. The molecule has 0 spiro atoms. The lowest BCUT2D eigenvalue weighted by atomic mass is 10.1. The molecule has 0 saturated heterocycles. The zero-order chi connectivity index (χ0) is 10.1. The van der Waals surface area contributed by atoms with Crippen molar-refractivity contribution in [2.45, 2.75) is 0 Å². The number of hydrogen-bond acceptors (Lipinski definition) is 2. The van der Waals surface area contributed by atoms with Crippen molar-refractivity contribution in [3.8, 4) is 11.4 Å². The smallest absolute Gasteiger partial charge is 0.138 e. The number of aromatic nitrogens is 3. The molecular weight excluding hydrogens is 186 g/mol. The first-order valence-electron chi connectivity index (χ1n) is 4.71. The second-order valence-electron chi connectivity index (χ2n) is 3.25. The molecule has 0 aliphatic rings. The number of imidazole rings is 1. The normalized spacial score (nSPS) is 10.7. The van der Waals surface area contributed by atoms with Crippen molar-refractivity contribution in [1.82, 2.24) is 15.0 Å². The van der Waals surface area contributed by atoms with Gasteiger partial charge in [-0.3, -0.25) is 4.98 Å². The number of pyridine rings is 1. The van der Waals surface area contributed by atoms with Crippen molar-refractivity contribution in [3.05, 3.63) is 48.9 Å². The van der Waals surface area contributed by atoms with Gasteiger partial charge in [-0.25, -0.2) is 4.98 Å². The first kappa shape index (κ1) is 8.17. The molecular formula is C12H8N3. The molecule has 3 nitrogen and oxygen atoms in total. The number of hydrogen-bond donors (Lipinski definition) is 1. The van der Waals surface area contributed by atoms with Gasteiger partial charge in [0.25, 0.3) is 0 Å². The minimum atomic E-state index is 0.827. The highest BCUT2D eigenvalue weighted by atomic mass is 14.9. The van der Waals surface area contributed by atoms with Crippen LogP contribution in [0, 0.1) is 6.20 Å². The van der Waals surface area contributed by atoms with Gasteiger partial charge in [0.05, 0.1) is 5.52 Å². The molecule has 1 radical (unpaired) electrons. The van der Waals surface area contributed by atoms with Crippen LogP contribution in [0.5, 0.6) is 0 Å². The largest absolute Gasteiger partial charge is 0.344 e. The quantitative estimate of drug-likeness (QED) is 0.646. The summed E-state index contributed by atoms with van der Waals surface area (Å²) in [6.45, 7) is 0. The number of para-hydroxylation sites is 1. The maximum Gasteiger partial charge on any atom is 0.138 e. The number of aromatic amines is 1. The lowest BCUT2D eigenvalue weighted by molar-refractivity contribution is 1.30. The van der Waals surface area contributed by atoms with E-state index in [0.29, 0.717) is 0 Å². The van der Waals surface area contributed by atoms with E-state index in [-0.39, 0.29) is 0 Å². The summed E-state index contributed by atoms with van der Waals surface area (Å²) in [6, 6.07) is 9.97. The number of nitrogens with zero attached hydrogens (tertiary/aromatic N) is 2. The van der Waals surface area contributed by atoms with E-state index < -0.39 is 0 Å². The molecule has 1 N–H and O–H groups in total. The molecule has 2 heterocycles. The molecule has 71 valence electrons. The van der Waals surface area contributed by atoms with Gasteiger partial charge in [-0.15, -0.1) is 0 Å². The molecule has 15 heavy (non-hydrogen) atoms. The van der Waals surface area contributed by atoms with Gasteiger partial charge < -0.3 is 4.98 Å². The SMILES string of the molecule is [c]1c[nH]c(-c2ccnc3ccccc23)n1. The van der Waals surface area contributed by atoms with E-state index in [1.165, 1.54) is 0 Å². The van der Waals surface area contributed by atoms with E-state index in [2.05, 4.69) is 21.1 Å². The highest BCUT2D eigenvalue weighted by Gasteiger charge is 2.04. The molecule has 3 heteroatoms. The maximum absolute atomic E-state index is 4.30. The van der Waals surface area contributed by atoms with Gasteiger partial charge in [-0.1, -0.05) is 18.2 Å². The van der Waals surface area contributed by atoms with Crippen LogP contribution in [-0.4, -0.2) is 15.0 Å². The topological polar surface area (TPSA) is 41.6 Å². The second-order valence-corrected chi connectivity index (χ2v) is 3.25. The molecule has 0 unspecified atom stereocenters. The lowest BCUT2D eigenvalue weighted by Crippen LogP contribution is -1.85. The van der Waals surface area contributed by atoms with Crippen molar-refractivity contribution in [3.63, 3.8) is 0 Å². The summed E-state index contributed by atoms with van der Waals surface area (Å²) in [6.07, 6.45) is 6.26. The Hall–Kier alpha value is -2.16. The van der Waals surface area contributed by atoms with Gasteiger partial charge in [0, 0.05) is 23.3 Å². The van der Waals surface area contributed by atoms with Gasteiger partial charge in [-0.2, -0.15) is 0 Å². The van der Waals surface area contributed by atoms with Crippen LogP contribution in [0.3, 0.4) is 0 Å². The van der Waals surface area contributed by atoms with Crippen molar-refractivity contribution < 1.29 is 0 Å². The first-order chi connectivity index (χ1) is 7.45. The van der Waals surface area contributed by atoms with Crippen LogP contribution in [0.25, 0.3) is 22.3 Å². The van der Waals surface area contributed by atoms with Crippen LogP contribution in [-0.2, 0) is 0 Å². The molecule has 1 aromatic carbocycles. The van der Waals surface area contributed by atoms with Crippen molar-refractivity contribution >= 4 is 10.9 Å². The Morgan fingerprint density at radius 1 is 1.13 bits per heavy atom. The summed E-state index contributed by atoms with van der Waals surface area (Å²) in [5.74, 6) is 0.827. The van der Waals surface area contributed by atoms with Crippen LogP contribution in [0.4, 0.5) is 0 Å². The molecule has 0 fully saturated rings. The third-order valence-corrected chi connectivity index (χ3v) is 2.35. The van der Waals surface area contributed by atoms with E-state index in [4.69, 9.17) is 0 Å². The molecule has 0 aliphatic heterocycles. The number of rotatable bonds is 1. The summed E-state index contributed by atoms with van der Waals surface area (Å²) < 4.78 is 0. The number of fused-ring (bicyclic) bond motifs is 1. The molecule has 3 rings (SSSR count). The Morgan fingerprint density at radius 3 is 2.93 bits per heavy atom. The number of benzene rings is 1. The lowest BCUT2D eigenvalue weighted by Gasteiger charge is -2.02. The Morgan fingerprint density at radius 2 is 2.07 bits per heavy atom. The monoisotopic (exact) mass is 194 g/mol. The van der Waals surface area contributed by atoms with Crippen LogP contribution in [0.15, 0.2) is 42.7 Å². The van der Waals surface area contributed by atoms with Gasteiger partial charge in [0.15, 0.2) is 0 Å². The Kier molecular flexibility index (Phi) is 1.75. The highest BCUT2D eigenvalue weighted by molar-refractivity contribution is 5.92. The fourth-order valence-electron chi connectivity index (χ4n) is 1.67. The predicted octanol–water partition coefficient (Wildman–Crippen LogP) is 2.43.